The maximum atomic E-state index is 3.89. The molecule has 0 radical (unpaired) electrons. The quantitative estimate of drug-likeness (QED) is 0.646. The maximum absolute atomic E-state index is 3.89. The summed E-state index contributed by atoms with van der Waals surface area (Å²) in [5, 5.41) is 6.67. The van der Waals surface area contributed by atoms with Gasteiger partial charge in [-0.1, -0.05) is 24.8 Å². The van der Waals surface area contributed by atoms with Crippen molar-refractivity contribution in [2.24, 2.45) is 0 Å². The molecule has 106 valence electrons. The highest BCUT2D eigenvalue weighted by Gasteiger charge is 2.22. The molecule has 0 saturated heterocycles. The summed E-state index contributed by atoms with van der Waals surface area (Å²) >= 11 is 0. The minimum Gasteiger partial charge on any atom is -0.360 e. The molecule has 1 aliphatic rings. The molecule has 2 N–H and O–H groups in total. The molecule has 0 bridgehead atoms. The molecule has 0 atom stereocenters. The van der Waals surface area contributed by atoms with Crippen LogP contribution >= 0.6 is 0 Å². The highest BCUT2D eigenvalue weighted by atomic mass is 14.9. The molecule has 3 rings (SSSR count). The maximum Gasteiger partial charge on any atom is 0.0388 e. The molecular formula is C19H20N2. The molecule has 0 fully saturated rings. The van der Waals surface area contributed by atoms with Crippen LogP contribution in [0, 0.1) is 0 Å². The van der Waals surface area contributed by atoms with Gasteiger partial charge in [-0.25, -0.2) is 0 Å². The van der Waals surface area contributed by atoms with E-state index in [1.165, 1.54) is 22.3 Å². The molecule has 0 aliphatic heterocycles. The molecule has 2 aromatic carbocycles. The fourth-order valence-corrected chi connectivity index (χ4v) is 2.64. The Balaban J connectivity index is 1.90. The molecule has 0 heterocycles. The van der Waals surface area contributed by atoms with Crippen LogP contribution in [0.1, 0.15) is 20.8 Å². The number of anilines is 2. The lowest BCUT2D eigenvalue weighted by Gasteiger charge is -2.26. The van der Waals surface area contributed by atoms with E-state index in [2.05, 4.69) is 66.6 Å². The number of nitrogens with one attached hydrogen (secondary N) is 2. The molecule has 0 aromatic heterocycles. The van der Waals surface area contributed by atoms with Crippen LogP contribution in [0.5, 0.6) is 0 Å². The lowest BCUT2D eigenvalue weighted by molar-refractivity contribution is 1.35. The third-order valence-electron chi connectivity index (χ3n) is 3.75. The third-order valence-corrected chi connectivity index (χ3v) is 3.75. The summed E-state index contributed by atoms with van der Waals surface area (Å²) in [5.74, 6) is 0. The van der Waals surface area contributed by atoms with Crippen LogP contribution in [0.3, 0.4) is 0 Å². The average Bonchev–Trinajstić information content (AvgIpc) is 2.45. The van der Waals surface area contributed by atoms with Gasteiger partial charge < -0.3 is 10.6 Å². The Morgan fingerprint density at radius 3 is 1.86 bits per heavy atom. The van der Waals surface area contributed by atoms with Gasteiger partial charge in [0.2, 0.25) is 0 Å². The minimum absolute atomic E-state index is 0.955. The van der Waals surface area contributed by atoms with Crippen molar-refractivity contribution in [2.75, 3.05) is 10.6 Å². The van der Waals surface area contributed by atoms with Crippen molar-refractivity contribution < 1.29 is 0 Å². The van der Waals surface area contributed by atoms with Crippen molar-refractivity contribution in [1.29, 1.82) is 0 Å². The zero-order valence-corrected chi connectivity index (χ0v) is 12.7. The molecule has 0 spiro atoms. The Labute approximate surface area is 126 Å². The van der Waals surface area contributed by atoms with E-state index in [0.29, 0.717) is 0 Å². The van der Waals surface area contributed by atoms with Crippen LogP contribution < -0.4 is 10.6 Å². The molecule has 1 aliphatic carbocycles. The lowest BCUT2D eigenvalue weighted by Crippen LogP contribution is -2.03. The van der Waals surface area contributed by atoms with Gasteiger partial charge in [-0.05, 0) is 67.3 Å². The first kappa shape index (κ1) is 13.5. The minimum atomic E-state index is 0.955. The lowest BCUT2D eigenvalue weighted by atomic mass is 9.80. The Morgan fingerprint density at radius 2 is 1.38 bits per heavy atom. The van der Waals surface area contributed by atoms with Crippen LogP contribution in [-0.4, -0.2) is 0 Å². The van der Waals surface area contributed by atoms with Crippen molar-refractivity contribution in [2.45, 2.75) is 20.8 Å². The molecule has 0 saturated carbocycles. The van der Waals surface area contributed by atoms with Crippen LogP contribution in [0.2, 0.25) is 0 Å². The first-order valence-corrected chi connectivity index (χ1v) is 7.20. The zero-order chi connectivity index (χ0) is 15.0. The van der Waals surface area contributed by atoms with E-state index in [4.69, 9.17) is 0 Å². The van der Waals surface area contributed by atoms with E-state index in [9.17, 15) is 0 Å². The predicted octanol–water partition coefficient (Wildman–Crippen LogP) is 5.62. The summed E-state index contributed by atoms with van der Waals surface area (Å²) in [4.78, 5) is 0. The fourth-order valence-electron chi connectivity index (χ4n) is 2.64. The molecule has 2 heteroatoms. The second kappa shape index (κ2) is 5.13. The molecule has 0 amide bonds. The number of allylic oxidation sites excluding steroid dienone is 3. The van der Waals surface area contributed by atoms with Crippen molar-refractivity contribution in [3.63, 3.8) is 0 Å². The van der Waals surface area contributed by atoms with Gasteiger partial charge in [-0.3, -0.25) is 0 Å². The Kier molecular flexibility index (Phi) is 3.30. The molecule has 2 aromatic rings. The second-order valence-corrected chi connectivity index (χ2v) is 5.52. The average molecular weight is 276 g/mol. The van der Waals surface area contributed by atoms with E-state index in [-0.39, 0.29) is 0 Å². The van der Waals surface area contributed by atoms with Crippen molar-refractivity contribution in [3.05, 3.63) is 60.4 Å². The van der Waals surface area contributed by atoms with E-state index in [1.807, 2.05) is 13.8 Å². The number of fused-ring (bicyclic) bond motifs is 4. The highest BCUT2D eigenvalue weighted by Crippen LogP contribution is 2.49. The number of hydrogen-bond donors (Lipinski definition) is 2. The topological polar surface area (TPSA) is 24.1 Å². The smallest absolute Gasteiger partial charge is 0.0388 e. The Bertz CT molecular complexity index is 754. The second-order valence-electron chi connectivity index (χ2n) is 5.52. The Morgan fingerprint density at radius 1 is 0.857 bits per heavy atom. The summed E-state index contributed by atoms with van der Waals surface area (Å²) in [6.07, 6.45) is 2.07. The third kappa shape index (κ3) is 2.45. The van der Waals surface area contributed by atoms with Crippen molar-refractivity contribution in [1.82, 2.24) is 0 Å². The van der Waals surface area contributed by atoms with Gasteiger partial charge in [0.25, 0.3) is 0 Å². The standard InChI is InChI=1S/C19H20N2/c1-5-13(4)21-15-7-9-17-18-10-14(20-12(2)3)6-8-16(18)19(17)11-15/h5-11,20-21H,2H2,1,3-4H3/b13-5-. The highest BCUT2D eigenvalue weighted by molar-refractivity contribution is 6.04. The summed E-state index contributed by atoms with van der Waals surface area (Å²) in [5.41, 5.74) is 9.62. The number of hydrogen-bond acceptors (Lipinski definition) is 2. The van der Waals surface area contributed by atoms with Crippen LogP contribution in [0.25, 0.3) is 22.3 Å². The van der Waals surface area contributed by atoms with Crippen LogP contribution in [-0.2, 0) is 0 Å². The largest absolute Gasteiger partial charge is 0.360 e. The van der Waals surface area contributed by atoms with Gasteiger partial charge in [0, 0.05) is 22.8 Å². The van der Waals surface area contributed by atoms with Crippen LogP contribution in [0.15, 0.2) is 60.4 Å². The van der Waals surface area contributed by atoms with Gasteiger partial charge >= 0.3 is 0 Å². The number of rotatable bonds is 4. The van der Waals surface area contributed by atoms with Gasteiger partial charge in [-0.2, -0.15) is 0 Å². The van der Waals surface area contributed by atoms with Crippen molar-refractivity contribution >= 4 is 11.4 Å². The van der Waals surface area contributed by atoms with E-state index >= 15 is 0 Å². The number of benzene rings is 2. The van der Waals surface area contributed by atoms with E-state index < -0.39 is 0 Å². The zero-order valence-electron chi connectivity index (χ0n) is 12.7. The van der Waals surface area contributed by atoms with Gasteiger partial charge in [0.05, 0.1) is 0 Å². The normalized spacial score (nSPS) is 12.0. The van der Waals surface area contributed by atoms with Gasteiger partial charge in [-0.15, -0.1) is 0 Å². The monoisotopic (exact) mass is 276 g/mol. The SMILES string of the molecule is C=C(C)Nc1ccc2c(c1)-c1ccc(N/C(C)=C\C)cc1-2. The van der Waals surface area contributed by atoms with Gasteiger partial charge in [0.1, 0.15) is 0 Å². The fraction of sp³-hybridized carbons (Fsp3) is 0.158. The van der Waals surface area contributed by atoms with Crippen molar-refractivity contribution in [3.8, 4) is 22.3 Å². The first-order chi connectivity index (χ1) is 10.1. The van der Waals surface area contributed by atoms with Crippen LogP contribution in [0.4, 0.5) is 11.4 Å². The molecule has 2 nitrogen and oxygen atoms in total. The summed E-state index contributed by atoms with van der Waals surface area (Å²) in [6.45, 7) is 9.96. The summed E-state index contributed by atoms with van der Waals surface area (Å²) in [6, 6.07) is 13.0. The molecule has 21 heavy (non-hydrogen) atoms. The van der Waals surface area contributed by atoms with Gasteiger partial charge in [0.15, 0.2) is 0 Å². The van der Waals surface area contributed by atoms with E-state index in [1.54, 1.807) is 0 Å². The summed E-state index contributed by atoms with van der Waals surface area (Å²) < 4.78 is 0. The van der Waals surface area contributed by atoms with E-state index in [0.717, 1.165) is 22.8 Å². The Hall–Kier alpha value is -2.48. The molecular weight excluding hydrogens is 256 g/mol. The predicted molar refractivity (Wildman–Crippen MR) is 92.4 cm³/mol. The first-order valence-electron chi connectivity index (χ1n) is 7.20. The molecule has 0 unspecified atom stereocenters. The summed E-state index contributed by atoms with van der Waals surface area (Å²) in [7, 11) is 0.